The fourth-order valence-corrected chi connectivity index (χ4v) is 4.60. The Kier molecular flexibility index (Phi) is 6.69. The van der Waals surface area contributed by atoms with E-state index in [2.05, 4.69) is 52.7 Å². The highest BCUT2D eigenvalue weighted by Crippen LogP contribution is 2.34. The van der Waals surface area contributed by atoms with Crippen LogP contribution in [0.15, 0.2) is 45.6 Å². The molecule has 0 spiro atoms. The Morgan fingerprint density at radius 2 is 2.07 bits per heavy atom. The summed E-state index contributed by atoms with van der Waals surface area (Å²) in [5.41, 5.74) is 4.23. The van der Waals surface area contributed by atoms with Crippen LogP contribution in [0.1, 0.15) is 63.4 Å². The van der Waals surface area contributed by atoms with Gasteiger partial charge in [-0.25, -0.2) is 0 Å². The molecule has 154 valence electrons. The minimum Gasteiger partial charge on any atom is -0.348 e. The van der Waals surface area contributed by atoms with E-state index in [1.807, 2.05) is 19.2 Å². The van der Waals surface area contributed by atoms with Gasteiger partial charge in [-0.1, -0.05) is 52.5 Å². The first-order valence-electron chi connectivity index (χ1n) is 9.93. The van der Waals surface area contributed by atoms with E-state index in [0.29, 0.717) is 22.6 Å². The van der Waals surface area contributed by atoms with E-state index in [1.54, 1.807) is 6.07 Å². The molecule has 3 rings (SSSR count). The minimum absolute atomic E-state index is 0.0946. The van der Waals surface area contributed by atoms with E-state index >= 15 is 0 Å². The SMILES string of the molecule is CCCC1=C(CNC(=O)c2cc(Br)cc3c2c(Cl)cn3C(C)C)C(=O)CC(C)=C1. The first kappa shape index (κ1) is 21.8. The summed E-state index contributed by atoms with van der Waals surface area (Å²) in [7, 11) is 0. The van der Waals surface area contributed by atoms with Crippen LogP contribution in [0.3, 0.4) is 0 Å². The highest BCUT2D eigenvalue weighted by molar-refractivity contribution is 9.10. The number of halogens is 2. The molecule has 0 fully saturated rings. The second kappa shape index (κ2) is 8.88. The van der Waals surface area contributed by atoms with Crippen molar-refractivity contribution in [2.75, 3.05) is 6.54 Å². The summed E-state index contributed by atoms with van der Waals surface area (Å²) < 4.78 is 2.87. The van der Waals surface area contributed by atoms with Crippen LogP contribution in [-0.2, 0) is 4.79 Å². The number of ketones is 1. The van der Waals surface area contributed by atoms with Gasteiger partial charge in [0.25, 0.3) is 5.91 Å². The summed E-state index contributed by atoms with van der Waals surface area (Å²) in [4.78, 5) is 25.6. The number of hydrogen-bond donors (Lipinski definition) is 1. The van der Waals surface area contributed by atoms with Crippen molar-refractivity contribution < 1.29 is 9.59 Å². The summed E-state index contributed by atoms with van der Waals surface area (Å²) in [6, 6.07) is 3.97. The monoisotopic (exact) mass is 476 g/mol. The third-order valence-electron chi connectivity index (χ3n) is 5.18. The van der Waals surface area contributed by atoms with Crippen molar-refractivity contribution in [1.29, 1.82) is 0 Å². The molecule has 0 atom stereocenters. The van der Waals surface area contributed by atoms with Crippen molar-refractivity contribution in [3.8, 4) is 0 Å². The van der Waals surface area contributed by atoms with Gasteiger partial charge in [0.15, 0.2) is 5.78 Å². The number of allylic oxidation sites excluding steroid dienone is 3. The summed E-state index contributed by atoms with van der Waals surface area (Å²) >= 11 is 10.00. The number of hydrogen-bond acceptors (Lipinski definition) is 2. The van der Waals surface area contributed by atoms with E-state index < -0.39 is 0 Å². The van der Waals surface area contributed by atoms with Gasteiger partial charge in [-0.3, -0.25) is 9.59 Å². The molecule has 1 heterocycles. The Morgan fingerprint density at radius 1 is 1.34 bits per heavy atom. The van der Waals surface area contributed by atoms with Crippen LogP contribution in [0, 0.1) is 0 Å². The number of nitrogens with zero attached hydrogens (tertiary/aromatic N) is 1. The molecule has 0 radical (unpaired) electrons. The first-order valence-corrected chi connectivity index (χ1v) is 11.1. The smallest absolute Gasteiger partial charge is 0.252 e. The number of fused-ring (bicyclic) bond motifs is 1. The third-order valence-corrected chi connectivity index (χ3v) is 5.93. The average Bonchev–Trinajstić information content (AvgIpc) is 2.97. The molecule has 0 unspecified atom stereocenters. The number of nitrogens with one attached hydrogen (secondary N) is 1. The number of benzene rings is 1. The number of amides is 1. The van der Waals surface area contributed by atoms with Gasteiger partial charge in [0.2, 0.25) is 0 Å². The van der Waals surface area contributed by atoms with Crippen molar-refractivity contribution in [1.82, 2.24) is 9.88 Å². The van der Waals surface area contributed by atoms with Crippen molar-refractivity contribution in [2.24, 2.45) is 0 Å². The number of carbonyl (C=O) groups is 2. The van der Waals surface area contributed by atoms with Crippen LogP contribution < -0.4 is 5.32 Å². The first-order chi connectivity index (χ1) is 13.7. The Labute approximate surface area is 185 Å². The third kappa shape index (κ3) is 4.51. The van der Waals surface area contributed by atoms with E-state index in [4.69, 9.17) is 11.6 Å². The van der Waals surface area contributed by atoms with Gasteiger partial charge < -0.3 is 9.88 Å². The molecule has 6 heteroatoms. The maximum Gasteiger partial charge on any atom is 0.252 e. The topological polar surface area (TPSA) is 51.1 Å². The molecule has 4 nitrogen and oxygen atoms in total. The van der Waals surface area contributed by atoms with Crippen molar-refractivity contribution in [2.45, 2.75) is 53.0 Å². The summed E-state index contributed by atoms with van der Waals surface area (Å²) in [5.74, 6) is -0.140. The zero-order valence-corrected chi connectivity index (χ0v) is 19.6. The molecule has 1 aliphatic carbocycles. The minimum atomic E-state index is -0.234. The van der Waals surface area contributed by atoms with Gasteiger partial charge in [-0.05, 0) is 44.9 Å². The molecule has 29 heavy (non-hydrogen) atoms. The molecule has 2 aromatic rings. The van der Waals surface area contributed by atoms with Gasteiger partial charge in [0.05, 0.1) is 16.1 Å². The van der Waals surface area contributed by atoms with Crippen LogP contribution in [-0.4, -0.2) is 22.8 Å². The fraction of sp³-hybridized carbons (Fsp3) is 0.391. The van der Waals surface area contributed by atoms with Crippen LogP contribution in [0.25, 0.3) is 10.9 Å². The molecular formula is C23H26BrClN2O2. The van der Waals surface area contributed by atoms with E-state index in [0.717, 1.165) is 39.4 Å². The van der Waals surface area contributed by atoms with E-state index in [9.17, 15) is 9.59 Å². The molecule has 1 aromatic heterocycles. The second-order valence-corrected chi connectivity index (χ2v) is 9.18. The largest absolute Gasteiger partial charge is 0.348 e. The molecule has 0 saturated heterocycles. The van der Waals surface area contributed by atoms with Crippen molar-refractivity contribution in [3.63, 3.8) is 0 Å². The van der Waals surface area contributed by atoms with Gasteiger partial charge in [-0.15, -0.1) is 0 Å². The van der Waals surface area contributed by atoms with Crippen LogP contribution in [0.5, 0.6) is 0 Å². The number of Topliss-reactive ketones (excluding diaryl/α,β-unsaturated/α-hetero) is 1. The van der Waals surface area contributed by atoms with Crippen LogP contribution in [0.2, 0.25) is 5.02 Å². The van der Waals surface area contributed by atoms with Crippen LogP contribution in [0.4, 0.5) is 0 Å². The number of aromatic nitrogens is 1. The maximum absolute atomic E-state index is 13.1. The Balaban J connectivity index is 1.95. The lowest BCUT2D eigenvalue weighted by molar-refractivity contribution is -0.115. The average molecular weight is 478 g/mol. The Morgan fingerprint density at radius 3 is 2.72 bits per heavy atom. The number of rotatable bonds is 6. The highest BCUT2D eigenvalue weighted by Gasteiger charge is 2.22. The zero-order chi connectivity index (χ0) is 21.3. The lowest BCUT2D eigenvalue weighted by Gasteiger charge is -2.18. The van der Waals surface area contributed by atoms with Crippen LogP contribution >= 0.6 is 27.5 Å². The summed E-state index contributed by atoms with van der Waals surface area (Å²) in [6.45, 7) is 8.44. The molecule has 1 N–H and O–H groups in total. The molecule has 1 aromatic carbocycles. The maximum atomic E-state index is 13.1. The standard InChI is InChI=1S/C23H26BrClN2O2/c1-5-6-15-7-14(4)8-21(28)18(15)11-26-23(29)17-9-16(24)10-20-22(17)19(25)12-27(20)13(2)3/h7,9-10,12-13H,5-6,8,11H2,1-4H3,(H,26,29). The fourth-order valence-electron chi connectivity index (χ4n) is 3.85. The predicted molar refractivity (Wildman–Crippen MR) is 123 cm³/mol. The summed E-state index contributed by atoms with van der Waals surface area (Å²) in [6.07, 6.45) is 6.15. The van der Waals surface area contributed by atoms with E-state index in [1.165, 1.54) is 0 Å². The molecule has 0 saturated carbocycles. The molecule has 1 amide bonds. The predicted octanol–water partition coefficient (Wildman–Crippen LogP) is 6.38. The van der Waals surface area contributed by atoms with E-state index in [-0.39, 0.29) is 24.3 Å². The lowest BCUT2D eigenvalue weighted by atomic mass is 9.89. The Hall–Kier alpha value is -1.85. The number of carbonyl (C=O) groups excluding carboxylic acids is 2. The molecular weight excluding hydrogens is 452 g/mol. The molecule has 0 aliphatic heterocycles. The highest BCUT2D eigenvalue weighted by atomic mass is 79.9. The van der Waals surface area contributed by atoms with Gasteiger partial charge >= 0.3 is 0 Å². The molecule has 1 aliphatic rings. The normalized spacial score (nSPS) is 14.7. The zero-order valence-electron chi connectivity index (χ0n) is 17.2. The second-order valence-electron chi connectivity index (χ2n) is 7.85. The lowest BCUT2D eigenvalue weighted by Crippen LogP contribution is -2.29. The van der Waals surface area contributed by atoms with Gasteiger partial charge in [-0.2, -0.15) is 0 Å². The Bertz CT molecular complexity index is 1050. The van der Waals surface area contributed by atoms with Gasteiger partial charge in [0.1, 0.15) is 0 Å². The van der Waals surface area contributed by atoms with Crippen molar-refractivity contribution >= 4 is 50.1 Å². The van der Waals surface area contributed by atoms with Gasteiger partial charge in [0, 0.05) is 40.6 Å². The summed E-state index contributed by atoms with van der Waals surface area (Å²) in [5, 5.41) is 4.23. The van der Waals surface area contributed by atoms with Crippen molar-refractivity contribution in [3.05, 3.63) is 56.2 Å². The molecule has 0 bridgehead atoms. The quantitative estimate of drug-likeness (QED) is 0.524.